The zero-order valence-corrected chi connectivity index (χ0v) is 14.0. The number of carbonyl (C=O) groups excluding carboxylic acids is 2. The van der Waals surface area contributed by atoms with Crippen molar-refractivity contribution in [2.24, 2.45) is 0 Å². The fraction of sp³-hybridized carbons (Fsp3) is 0.625. The number of nitrogens with one attached hydrogen (secondary N) is 1. The molecule has 0 unspecified atom stereocenters. The van der Waals surface area contributed by atoms with Crippen LogP contribution in [0.3, 0.4) is 0 Å². The van der Waals surface area contributed by atoms with E-state index in [1.807, 2.05) is 6.92 Å². The lowest BCUT2D eigenvalue weighted by atomic mass is 10.1. The standard InChI is InChI=1S/C16H25NO3S/c1-4-6-7-8-9-10-14(18)17-15-13(11-12(3)21-15)16(19)20-5-2/h11H,4-10H2,1-3H3,(H,17,18). The van der Waals surface area contributed by atoms with Gasteiger partial charge in [0.2, 0.25) is 5.91 Å². The molecule has 0 aliphatic rings. The van der Waals surface area contributed by atoms with Crippen molar-refractivity contribution in [1.29, 1.82) is 0 Å². The third kappa shape index (κ3) is 6.29. The molecule has 1 heterocycles. The highest BCUT2D eigenvalue weighted by atomic mass is 32.1. The Morgan fingerprint density at radius 3 is 2.57 bits per heavy atom. The number of rotatable bonds is 9. The van der Waals surface area contributed by atoms with Crippen molar-refractivity contribution in [3.05, 3.63) is 16.5 Å². The topological polar surface area (TPSA) is 55.4 Å². The smallest absolute Gasteiger partial charge is 0.341 e. The van der Waals surface area contributed by atoms with Crippen LogP contribution in [0.25, 0.3) is 0 Å². The monoisotopic (exact) mass is 311 g/mol. The van der Waals surface area contributed by atoms with Crippen LogP contribution < -0.4 is 5.32 Å². The highest BCUT2D eigenvalue weighted by molar-refractivity contribution is 7.16. The van der Waals surface area contributed by atoms with Gasteiger partial charge in [-0.3, -0.25) is 4.79 Å². The van der Waals surface area contributed by atoms with Crippen LogP contribution in [0.4, 0.5) is 5.00 Å². The van der Waals surface area contributed by atoms with Gasteiger partial charge < -0.3 is 10.1 Å². The number of aryl methyl sites for hydroxylation is 1. The highest BCUT2D eigenvalue weighted by Crippen LogP contribution is 2.28. The highest BCUT2D eigenvalue weighted by Gasteiger charge is 2.17. The molecular formula is C16H25NO3S. The molecule has 4 nitrogen and oxygen atoms in total. The van der Waals surface area contributed by atoms with Gasteiger partial charge in [0.05, 0.1) is 12.2 Å². The lowest BCUT2D eigenvalue weighted by Crippen LogP contribution is -2.13. The minimum atomic E-state index is -0.375. The Kier molecular flexibility index (Phi) is 8.05. The molecule has 0 bridgehead atoms. The molecule has 0 saturated carbocycles. The number of hydrogen-bond donors (Lipinski definition) is 1. The average molecular weight is 311 g/mol. The van der Waals surface area contributed by atoms with Crippen LogP contribution in [0.5, 0.6) is 0 Å². The Labute approximate surface area is 130 Å². The Morgan fingerprint density at radius 1 is 1.19 bits per heavy atom. The van der Waals surface area contributed by atoms with Crippen molar-refractivity contribution in [3.8, 4) is 0 Å². The van der Waals surface area contributed by atoms with Gasteiger partial charge >= 0.3 is 5.97 Å². The van der Waals surface area contributed by atoms with E-state index in [0.29, 0.717) is 23.6 Å². The molecule has 1 aromatic rings. The van der Waals surface area contributed by atoms with E-state index in [1.54, 1.807) is 13.0 Å². The number of carbonyl (C=O) groups is 2. The molecule has 0 radical (unpaired) electrons. The molecule has 1 N–H and O–H groups in total. The van der Waals surface area contributed by atoms with Crippen LogP contribution in [0.1, 0.15) is 67.6 Å². The summed E-state index contributed by atoms with van der Waals surface area (Å²) < 4.78 is 5.01. The van der Waals surface area contributed by atoms with E-state index in [0.717, 1.165) is 17.7 Å². The van der Waals surface area contributed by atoms with Gasteiger partial charge in [-0.05, 0) is 26.3 Å². The van der Waals surface area contributed by atoms with Gasteiger partial charge in [-0.2, -0.15) is 0 Å². The summed E-state index contributed by atoms with van der Waals surface area (Å²) in [6, 6.07) is 1.76. The SMILES string of the molecule is CCCCCCCC(=O)Nc1sc(C)cc1C(=O)OCC. The second kappa shape index (κ2) is 9.55. The van der Waals surface area contributed by atoms with Crippen LogP contribution in [0, 0.1) is 6.92 Å². The van der Waals surface area contributed by atoms with Crippen molar-refractivity contribution in [1.82, 2.24) is 0 Å². The van der Waals surface area contributed by atoms with Crippen LogP contribution in [-0.4, -0.2) is 18.5 Å². The zero-order valence-electron chi connectivity index (χ0n) is 13.2. The minimum absolute atomic E-state index is 0.0288. The van der Waals surface area contributed by atoms with Crippen LogP contribution >= 0.6 is 11.3 Å². The minimum Gasteiger partial charge on any atom is -0.462 e. The first-order valence-electron chi connectivity index (χ1n) is 7.65. The summed E-state index contributed by atoms with van der Waals surface area (Å²) in [7, 11) is 0. The predicted octanol–water partition coefficient (Wildman–Crippen LogP) is 4.53. The summed E-state index contributed by atoms with van der Waals surface area (Å²) >= 11 is 1.41. The molecule has 0 fully saturated rings. The lowest BCUT2D eigenvalue weighted by molar-refractivity contribution is -0.116. The maximum absolute atomic E-state index is 11.9. The summed E-state index contributed by atoms with van der Waals surface area (Å²) in [5.41, 5.74) is 0.457. The van der Waals surface area contributed by atoms with E-state index in [2.05, 4.69) is 12.2 Å². The second-order valence-electron chi connectivity index (χ2n) is 5.03. The van der Waals surface area contributed by atoms with Gasteiger partial charge in [0.25, 0.3) is 0 Å². The Balaban J connectivity index is 2.50. The molecule has 0 aliphatic heterocycles. The van der Waals surface area contributed by atoms with Crippen molar-refractivity contribution >= 4 is 28.2 Å². The molecule has 0 atom stereocenters. The summed E-state index contributed by atoms with van der Waals surface area (Å²) in [6.45, 7) is 6.18. The second-order valence-corrected chi connectivity index (χ2v) is 6.29. The van der Waals surface area contributed by atoms with Gasteiger partial charge in [0, 0.05) is 11.3 Å². The van der Waals surface area contributed by atoms with Crippen LogP contribution in [-0.2, 0) is 9.53 Å². The summed E-state index contributed by atoms with van der Waals surface area (Å²) in [5.74, 6) is -0.404. The van der Waals surface area contributed by atoms with Crippen molar-refractivity contribution in [2.75, 3.05) is 11.9 Å². The number of esters is 1. The molecule has 5 heteroatoms. The van der Waals surface area contributed by atoms with Gasteiger partial charge in [-0.1, -0.05) is 32.6 Å². The van der Waals surface area contributed by atoms with Gasteiger partial charge in [-0.25, -0.2) is 4.79 Å². The van der Waals surface area contributed by atoms with E-state index < -0.39 is 0 Å². The van der Waals surface area contributed by atoms with Gasteiger partial charge in [0.15, 0.2) is 0 Å². The average Bonchev–Trinajstić information content (AvgIpc) is 2.79. The van der Waals surface area contributed by atoms with E-state index >= 15 is 0 Å². The Hall–Kier alpha value is -1.36. The lowest BCUT2D eigenvalue weighted by Gasteiger charge is -2.06. The first-order valence-corrected chi connectivity index (χ1v) is 8.47. The van der Waals surface area contributed by atoms with Crippen molar-refractivity contribution in [2.45, 2.75) is 59.3 Å². The third-order valence-electron chi connectivity index (χ3n) is 3.11. The zero-order chi connectivity index (χ0) is 15.7. The van der Waals surface area contributed by atoms with Crippen LogP contribution in [0.15, 0.2) is 6.07 Å². The number of hydrogen-bond acceptors (Lipinski definition) is 4. The van der Waals surface area contributed by atoms with Gasteiger partial charge in [0.1, 0.15) is 5.00 Å². The molecule has 1 aromatic heterocycles. The summed E-state index contributed by atoms with van der Waals surface area (Å²) in [5, 5.41) is 3.44. The molecule has 0 aromatic carbocycles. The maximum atomic E-state index is 11.9. The third-order valence-corrected chi connectivity index (χ3v) is 4.08. The van der Waals surface area contributed by atoms with E-state index in [9.17, 15) is 9.59 Å². The molecule has 0 spiro atoms. The quantitative estimate of drug-likeness (QED) is 0.538. The molecule has 0 saturated heterocycles. The normalized spacial score (nSPS) is 10.4. The molecule has 118 valence electrons. The first kappa shape index (κ1) is 17.7. The summed E-state index contributed by atoms with van der Waals surface area (Å²) in [4.78, 5) is 24.7. The number of amides is 1. The number of ether oxygens (including phenoxy) is 1. The van der Waals surface area contributed by atoms with Crippen molar-refractivity contribution in [3.63, 3.8) is 0 Å². The molecule has 0 aliphatic carbocycles. The van der Waals surface area contributed by atoms with E-state index in [-0.39, 0.29) is 11.9 Å². The summed E-state index contributed by atoms with van der Waals surface area (Å²) in [6.07, 6.45) is 6.07. The fourth-order valence-electron chi connectivity index (χ4n) is 2.05. The fourth-order valence-corrected chi connectivity index (χ4v) is 2.96. The number of thiophene rings is 1. The molecule has 21 heavy (non-hydrogen) atoms. The molecule has 1 amide bonds. The number of anilines is 1. The van der Waals surface area contributed by atoms with Crippen LogP contribution in [0.2, 0.25) is 0 Å². The van der Waals surface area contributed by atoms with E-state index in [4.69, 9.17) is 4.74 Å². The van der Waals surface area contributed by atoms with Gasteiger partial charge in [-0.15, -0.1) is 11.3 Å². The van der Waals surface area contributed by atoms with Crippen molar-refractivity contribution < 1.29 is 14.3 Å². The Morgan fingerprint density at radius 2 is 1.90 bits per heavy atom. The maximum Gasteiger partial charge on any atom is 0.341 e. The first-order chi connectivity index (χ1) is 10.1. The predicted molar refractivity (Wildman–Crippen MR) is 87.0 cm³/mol. The molecular weight excluding hydrogens is 286 g/mol. The largest absolute Gasteiger partial charge is 0.462 e. The Bertz CT molecular complexity index is 468. The number of unbranched alkanes of at least 4 members (excludes halogenated alkanes) is 4. The van der Waals surface area contributed by atoms with E-state index in [1.165, 1.54) is 30.6 Å². The molecule has 1 rings (SSSR count).